The number of aliphatic hydroxyl groups excluding tert-OH is 8. The van der Waals surface area contributed by atoms with Crippen LogP contribution in [0, 0.1) is 5.41 Å². The van der Waals surface area contributed by atoms with Crippen LogP contribution in [0.5, 0.6) is 0 Å². The van der Waals surface area contributed by atoms with Gasteiger partial charge in [-0.2, -0.15) is 0 Å². The fourth-order valence-corrected chi connectivity index (χ4v) is 11.6. The first-order valence-electron chi connectivity index (χ1n) is 33.2. The highest BCUT2D eigenvalue weighted by atomic mass is 31.2. The topological polar surface area (TPSA) is 564 Å². The molecule has 40 nitrogen and oxygen atoms in total. The van der Waals surface area contributed by atoms with Crippen molar-refractivity contribution in [3.8, 4) is 0 Å². The fraction of sp³-hybridized carbons (Fsp3) is 0.947. The molecular weight excluding hydrogens is 1440 g/mol. The maximum absolute atomic E-state index is 12.8. The molecule has 15 N–H and O–H groups in total. The summed E-state index contributed by atoms with van der Waals surface area (Å²) in [6.07, 6.45) is -9.52. The van der Waals surface area contributed by atoms with E-state index in [-0.39, 0.29) is 177 Å². The molecule has 0 aliphatic carbocycles. The molecule has 101 heavy (non-hydrogen) atoms. The Morgan fingerprint density at radius 2 is 0.772 bits per heavy atom. The molecule has 1 rings (SSSR count). The quantitative estimate of drug-likeness (QED) is 0.0211. The maximum atomic E-state index is 12.8. The second kappa shape index (κ2) is 54.7. The highest BCUT2D eigenvalue weighted by Crippen LogP contribution is 2.45. The van der Waals surface area contributed by atoms with Gasteiger partial charge >= 0.3 is 31.3 Å². The highest BCUT2D eigenvalue weighted by Gasteiger charge is 2.44. The lowest BCUT2D eigenvalue weighted by atomic mass is 9.92. The molecule has 14 unspecified atom stereocenters. The number of carbonyl (C=O) groups is 3. The number of hydrogen-bond acceptors (Lipinski definition) is 33. The summed E-state index contributed by atoms with van der Waals surface area (Å²) in [7, 11) is -17.0. The second-order valence-electron chi connectivity index (χ2n) is 23.4. The molecule has 0 radical (unpaired) electrons. The van der Waals surface area contributed by atoms with Crippen LogP contribution in [0.2, 0.25) is 0 Å². The molecule has 0 saturated carbocycles. The maximum Gasteiger partial charge on any atom is 0.472 e. The number of carbonyl (C=O) groups excluding carboxylic acids is 3. The first-order valence-corrected chi connectivity index (χ1v) is 39.2. The normalized spacial score (nSPS) is 22.0. The Bertz CT molecular complexity index is 2290. The zero-order valence-corrected chi connectivity index (χ0v) is 62.3. The van der Waals surface area contributed by atoms with Crippen molar-refractivity contribution < 1.29 is 177 Å². The van der Waals surface area contributed by atoms with Crippen molar-refractivity contribution in [2.75, 3.05) is 152 Å². The predicted molar refractivity (Wildman–Crippen MR) is 351 cm³/mol. The Balaban J connectivity index is 3.07. The van der Waals surface area contributed by atoms with Gasteiger partial charge in [0.05, 0.1) is 123 Å². The van der Waals surface area contributed by atoms with Crippen molar-refractivity contribution in [2.45, 2.75) is 192 Å². The van der Waals surface area contributed by atoms with Gasteiger partial charge in [-0.15, -0.1) is 0 Å². The number of ether oxygens (including phenoxy) is 10. The van der Waals surface area contributed by atoms with Gasteiger partial charge in [-0.1, -0.05) is 0 Å². The molecule has 1 heterocycles. The SMILES string of the molecule is COP(=O)(O)OCCCCOCC(COCCCOP(=O)(O)OCCCCOC1OC(C)C(O)C(O)C1NC(C)=O)(COCCCOP(=O)(O)OCCCCOC(OC(CO)[C@H](C)O)[C@H](CO)NC(C)=O)COCCCOP(=O)(O)OCCCCOC(OC(CO)[C@@H](C)O)[C@H](CO)NC(C)=O. The van der Waals surface area contributed by atoms with Crippen LogP contribution in [0.25, 0.3) is 0 Å². The van der Waals surface area contributed by atoms with E-state index < -0.39 is 161 Å². The van der Waals surface area contributed by atoms with Crippen molar-refractivity contribution in [1.82, 2.24) is 16.0 Å². The summed E-state index contributed by atoms with van der Waals surface area (Å²) in [5.41, 5.74) is -1.17. The first kappa shape index (κ1) is 97.1. The zero-order valence-electron chi connectivity index (χ0n) is 58.7. The van der Waals surface area contributed by atoms with Crippen LogP contribution >= 0.6 is 31.3 Å². The highest BCUT2D eigenvalue weighted by molar-refractivity contribution is 7.48. The van der Waals surface area contributed by atoms with E-state index in [1.807, 2.05) is 0 Å². The minimum atomic E-state index is -4.60. The average Bonchev–Trinajstić information content (AvgIpc) is 0.805. The predicted octanol–water partition coefficient (Wildman–Crippen LogP) is -0.322. The van der Waals surface area contributed by atoms with Crippen LogP contribution in [0.3, 0.4) is 0 Å². The number of amides is 3. The largest absolute Gasteiger partial charge is 0.472 e. The number of unbranched alkanes of at least 4 members (excludes halogenated alkanes) is 4. The van der Waals surface area contributed by atoms with Crippen molar-refractivity contribution in [3.05, 3.63) is 0 Å². The van der Waals surface area contributed by atoms with Crippen LogP contribution in [0.1, 0.15) is 112 Å². The molecule has 44 heteroatoms. The van der Waals surface area contributed by atoms with Crippen LogP contribution in [-0.2, 0) is 116 Å². The van der Waals surface area contributed by atoms with Crippen molar-refractivity contribution in [1.29, 1.82) is 0 Å². The van der Waals surface area contributed by atoms with E-state index in [1.54, 1.807) is 0 Å². The number of rotatable bonds is 66. The summed E-state index contributed by atoms with van der Waals surface area (Å²) in [5.74, 6) is -1.50. The van der Waals surface area contributed by atoms with E-state index in [2.05, 4.69) is 20.5 Å². The summed E-state index contributed by atoms with van der Waals surface area (Å²) >= 11 is 0. The fourth-order valence-electron chi connectivity index (χ4n) is 8.77. The van der Waals surface area contributed by atoms with Gasteiger partial charge in [0.25, 0.3) is 0 Å². The van der Waals surface area contributed by atoms with Crippen LogP contribution in [0.15, 0.2) is 0 Å². The molecule has 1 aliphatic rings. The Kier molecular flexibility index (Phi) is 52.6. The molecule has 3 amide bonds. The van der Waals surface area contributed by atoms with E-state index in [0.29, 0.717) is 12.8 Å². The molecule has 0 bridgehead atoms. The minimum absolute atomic E-state index is 0.0312. The number of phosphoric ester groups is 4. The Morgan fingerprint density at radius 1 is 0.455 bits per heavy atom. The third kappa shape index (κ3) is 46.2. The molecule has 1 fully saturated rings. The van der Waals surface area contributed by atoms with Gasteiger partial charge < -0.3 is 124 Å². The van der Waals surface area contributed by atoms with Gasteiger partial charge in [-0.25, -0.2) is 18.3 Å². The number of phosphoric acid groups is 4. The Morgan fingerprint density at radius 3 is 1.09 bits per heavy atom. The summed E-state index contributed by atoms with van der Waals surface area (Å²) < 4.78 is 148. The first-order chi connectivity index (χ1) is 47.7. The lowest BCUT2D eigenvalue weighted by molar-refractivity contribution is -0.260. The van der Waals surface area contributed by atoms with Gasteiger partial charge in [0.15, 0.2) is 18.9 Å². The third-order valence-electron chi connectivity index (χ3n) is 14.2. The summed E-state index contributed by atoms with van der Waals surface area (Å²) in [6, 6.07) is -3.17. The monoisotopic (exact) mass is 1560 g/mol. The van der Waals surface area contributed by atoms with E-state index in [9.17, 15) is 93.1 Å². The smallest absolute Gasteiger partial charge is 0.394 e. The van der Waals surface area contributed by atoms with E-state index in [1.165, 1.54) is 41.5 Å². The molecule has 0 aromatic rings. The zero-order chi connectivity index (χ0) is 75.9. The Hall–Kier alpha value is -1.87. The Labute approximate surface area is 589 Å². The lowest BCUT2D eigenvalue weighted by Crippen LogP contribution is -2.63. The number of hydrogen-bond donors (Lipinski definition) is 15. The molecule has 0 aromatic heterocycles. The van der Waals surface area contributed by atoms with Gasteiger partial charge in [-0.3, -0.25) is 50.6 Å². The molecule has 0 spiro atoms. The molecule has 1 aliphatic heterocycles. The van der Waals surface area contributed by atoms with Gasteiger partial charge in [0.2, 0.25) is 17.7 Å². The van der Waals surface area contributed by atoms with Crippen molar-refractivity contribution in [2.24, 2.45) is 5.41 Å². The third-order valence-corrected chi connectivity index (χ3v) is 18.2. The van der Waals surface area contributed by atoms with Crippen LogP contribution in [0.4, 0.5) is 0 Å². The molecule has 0 aromatic carbocycles. The van der Waals surface area contributed by atoms with E-state index >= 15 is 0 Å². The summed E-state index contributed by atoms with van der Waals surface area (Å²) in [4.78, 5) is 76.0. The molecular formula is C57H115N3O37P4. The van der Waals surface area contributed by atoms with Crippen LogP contribution < -0.4 is 16.0 Å². The second-order valence-corrected chi connectivity index (χ2v) is 29.4. The van der Waals surface area contributed by atoms with E-state index in [4.69, 9.17) is 79.0 Å². The van der Waals surface area contributed by atoms with Crippen molar-refractivity contribution in [3.63, 3.8) is 0 Å². The molecule has 1 saturated heterocycles. The molecule has 18 atom stereocenters. The van der Waals surface area contributed by atoms with Crippen LogP contribution in [-0.4, -0.2) is 310 Å². The molecule has 600 valence electrons. The van der Waals surface area contributed by atoms with Crippen molar-refractivity contribution >= 4 is 49.0 Å². The lowest BCUT2D eigenvalue weighted by Gasteiger charge is -2.41. The van der Waals surface area contributed by atoms with Gasteiger partial charge in [0, 0.05) is 74.1 Å². The van der Waals surface area contributed by atoms with Gasteiger partial charge in [-0.05, 0) is 91.4 Å². The number of aliphatic hydroxyl groups is 8. The average molecular weight is 1560 g/mol. The van der Waals surface area contributed by atoms with Gasteiger partial charge in [0.1, 0.15) is 42.5 Å². The number of nitrogens with one attached hydrogen (secondary N) is 3. The summed E-state index contributed by atoms with van der Waals surface area (Å²) in [6.45, 7) is 2.85. The van der Waals surface area contributed by atoms with E-state index in [0.717, 1.165) is 7.11 Å². The minimum Gasteiger partial charge on any atom is -0.394 e. The standard InChI is InChI=1S/C57H115N3O37P4/c1-41(65)49(35-63)96-54(47(33-61)58-44(4)67)85-23-9-13-27-89-99(74,75)92-30-16-20-82-38-57(37-81-19-8-12-26-88-98(72,73)80-7,40-84-22-18-32-94-101(78,79)91-29-15-11-25-87-56-51(60-46(6)69)53(71)52(70)43(3)95-56)39-83-21-17-31-93-100(76,77)90-28-14-10-24-86-55(48(34-62)59-45(5)68)97-50(36-64)42(2)66/h41-43,47-56,61-66,70-71H,8-40H2,1-7H3,(H,58,67)(H,59,68)(H,60,69)(H,72,73)(H,74,75)(H,76,77)(H,78,79)/t41-,42+,43?,47-,48-,49?,50?,51?,52?,53?,54?,55?,56?,57?/m0/s1. The summed E-state index contributed by atoms with van der Waals surface area (Å²) in [5, 5.41) is 86.9.